The molecule has 3 nitrogen and oxygen atoms in total. The van der Waals surface area contributed by atoms with Crippen LogP contribution in [-0.4, -0.2) is 15.0 Å². The molecule has 3 aromatic rings. The van der Waals surface area contributed by atoms with Crippen LogP contribution in [0.2, 0.25) is 0 Å². The molecule has 0 spiro atoms. The molecule has 0 aromatic carbocycles. The SMILES string of the molecule is c1ccc(-c2c[nH]c(-c3ccccn3)c2)nc1. The maximum Gasteiger partial charge on any atom is 0.0864 e. The van der Waals surface area contributed by atoms with E-state index in [1.54, 1.807) is 12.4 Å². The second kappa shape index (κ2) is 4.22. The molecule has 82 valence electrons. The Labute approximate surface area is 99.2 Å². The van der Waals surface area contributed by atoms with Crippen LogP contribution in [0.5, 0.6) is 0 Å². The van der Waals surface area contributed by atoms with E-state index in [4.69, 9.17) is 0 Å². The Morgan fingerprint density at radius 1 is 0.824 bits per heavy atom. The van der Waals surface area contributed by atoms with E-state index in [1.807, 2.05) is 42.6 Å². The van der Waals surface area contributed by atoms with Gasteiger partial charge in [0.25, 0.3) is 0 Å². The lowest BCUT2D eigenvalue weighted by Gasteiger charge is -1.95. The molecule has 3 rings (SSSR count). The van der Waals surface area contributed by atoms with Gasteiger partial charge in [0.1, 0.15) is 0 Å². The smallest absolute Gasteiger partial charge is 0.0864 e. The molecule has 0 saturated carbocycles. The largest absolute Gasteiger partial charge is 0.359 e. The van der Waals surface area contributed by atoms with Gasteiger partial charge in [-0.3, -0.25) is 9.97 Å². The topological polar surface area (TPSA) is 41.6 Å². The highest BCUT2D eigenvalue weighted by Gasteiger charge is 2.04. The van der Waals surface area contributed by atoms with E-state index in [-0.39, 0.29) is 0 Å². The van der Waals surface area contributed by atoms with Gasteiger partial charge < -0.3 is 4.98 Å². The van der Waals surface area contributed by atoms with Crippen LogP contribution in [0.15, 0.2) is 61.1 Å². The predicted molar refractivity (Wildman–Crippen MR) is 67.3 cm³/mol. The molecule has 0 radical (unpaired) electrons. The molecule has 0 aliphatic rings. The van der Waals surface area contributed by atoms with Crippen LogP contribution in [0.3, 0.4) is 0 Å². The molecule has 17 heavy (non-hydrogen) atoms. The Balaban J connectivity index is 1.99. The van der Waals surface area contributed by atoms with Crippen molar-refractivity contribution >= 4 is 0 Å². The van der Waals surface area contributed by atoms with Gasteiger partial charge in [0.15, 0.2) is 0 Å². The minimum atomic E-state index is 0.940. The van der Waals surface area contributed by atoms with Crippen LogP contribution >= 0.6 is 0 Å². The highest BCUT2D eigenvalue weighted by atomic mass is 14.8. The number of nitrogens with one attached hydrogen (secondary N) is 1. The van der Waals surface area contributed by atoms with E-state index in [9.17, 15) is 0 Å². The second-order valence-corrected chi connectivity index (χ2v) is 3.73. The Morgan fingerprint density at radius 2 is 1.53 bits per heavy atom. The standard InChI is InChI=1S/C14H11N3/c1-3-7-15-12(5-1)11-9-14(17-10-11)13-6-2-4-8-16-13/h1-10,17H. The molecule has 0 saturated heterocycles. The summed E-state index contributed by atoms with van der Waals surface area (Å²) in [6.45, 7) is 0. The molecule has 3 heteroatoms. The van der Waals surface area contributed by atoms with Crippen molar-refractivity contribution < 1.29 is 0 Å². The summed E-state index contributed by atoms with van der Waals surface area (Å²) in [5.74, 6) is 0. The molecule has 3 heterocycles. The molecule has 0 amide bonds. The summed E-state index contributed by atoms with van der Waals surface area (Å²) in [7, 11) is 0. The fourth-order valence-electron chi connectivity index (χ4n) is 1.75. The van der Waals surface area contributed by atoms with Crippen molar-refractivity contribution in [3.8, 4) is 22.6 Å². The van der Waals surface area contributed by atoms with Gasteiger partial charge in [-0.1, -0.05) is 12.1 Å². The number of aromatic amines is 1. The maximum absolute atomic E-state index is 4.32. The first-order valence-corrected chi connectivity index (χ1v) is 5.45. The first kappa shape index (κ1) is 9.78. The lowest BCUT2D eigenvalue weighted by atomic mass is 10.2. The highest BCUT2D eigenvalue weighted by Crippen LogP contribution is 2.22. The van der Waals surface area contributed by atoms with Crippen LogP contribution in [0.25, 0.3) is 22.6 Å². The van der Waals surface area contributed by atoms with Crippen molar-refractivity contribution in [1.82, 2.24) is 15.0 Å². The van der Waals surface area contributed by atoms with E-state index in [1.165, 1.54) is 0 Å². The number of aromatic nitrogens is 3. The Hall–Kier alpha value is -2.42. The van der Waals surface area contributed by atoms with E-state index in [2.05, 4.69) is 21.0 Å². The van der Waals surface area contributed by atoms with Crippen LogP contribution < -0.4 is 0 Å². The Morgan fingerprint density at radius 3 is 2.18 bits per heavy atom. The zero-order valence-corrected chi connectivity index (χ0v) is 9.17. The van der Waals surface area contributed by atoms with Crippen molar-refractivity contribution in [3.63, 3.8) is 0 Å². The third-order valence-electron chi connectivity index (χ3n) is 2.58. The number of hydrogen-bond donors (Lipinski definition) is 1. The summed E-state index contributed by atoms with van der Waals surface area (Å²) in [6.07, 6.45) is 5.53. The minimum Gasteiger partial charge on any atom is -0.359 e. The van der Waals surface area contributed by atoms with E-state index >= 15 is 0 Å². The first-order chi connectivity index (χ1) is 8.43. The Kier molecular flexibility index (Phi) is 2.43. The van der Waals surface area contributed by atoms with Gasteiger partial charge >= 0.3 is 0 Å². The predicted octanol–water partition coefficient (Wildman–Crippen LogP) is 3.14. The number of rotatable bonds is 2. The molecule has 0 unspecified atom stereocenters. The zero-order valence-electron chi connectivity index (χ0n) is 9.17. The lowest BCUT2D eigenvalue weighted by molar-refractivity contribution is 1.28. The van der Waals surface area contributed by atoms with Crippen LogP contribution in [0.4, 0.5) is 0 Å². The van der Waals surface area contributed by atoms with Gasteiger partial charge in [0.05, 0.1) is 17.1 Å². The molecule has 0 aliphatic carbocycles. The van der Waals surface area contributed by atoms with Gasteiger partial charge in [-0.25, -0.2) is 0 Å². The minimum absolute atomic E-state index is 0.940. The number of hydrogen-bond acceptors (Lipinski definition) is 2. The summed E-state index contributed by atoms with van der Waals surface area (Å²) < 4.78 is 0. The summed E-state index contributed by atoms with van der Waals surface area (Å²) in [6, 6.07) is 13.8. The average molecular weight is 221 g/mol. The third-order valence-corrected chi connectivity index (χ3v) is 2.58. The van der Waals surface area contributed by atoms with E-state index in [0.717, 1.165) is 22.6 Å². The second-order valence-electron chi connectivity index (χ2n) is 3.73. The van der Waals surface area contributed by atoms with Gasteiger partial charge in [0.2, 0.25) is 0 Å². The molecular weight excluding hydrogens is 210 g/mol. The van der Waals surface area contributed by atoms with Crippen LogP contribution in [-0.2, 0) is 0 Å². The molecule has 3 aromatic heterocycles. The fraction of sp³-hybridized carbons (Fsp3) is 0. The van der Waals surface area contributed by atoms with Gasteiger partial charge in [0, 0.05) is 24.2 Å². The molecule has 0 bridgehead atoms. The summed E-state index contributed by atoms with van der Waals surface area (Å²) in [5, 5.41) is 0. The number of nitrogens with zero attached hydrogens (tertiary/aromatic N) is 2. The molecule has 0 aliphatic heterocycles. The summed E-state index contributed by atoms with van der Waals surface area (Å²) in [5.41, 5.74) is 3.98. The number of pyridine rings is 2. The maximum atomic E-state index is 4.32. The average Bonchev–Trinajstić information content (AvgIpc) is 2.90. The van der Waals surface area contributed by atoms with Crippen molar-refractivity contribution in [2.45, 2.75) is 0 Å². The summed E-state index contributed by atoms with van der Waals surface area (Å²) >= 11 is 0. The van der Waals surface area contributed by atoms with E-state index in [0.29, 0.717) is 0 Å². The molecular formula is C14H11N3. The van der Waals surface area contributed by atoms with Crippen molar-refractivity contribution in [1.29, 1.82) is 0 Å². The van der Waals surface area contributed by atoms with Crippen LogP contribution in [0.1, 0.15) is 0 Å². The van der Waals surface area contributed by atoms with Crippen molar-refractivity contribution in [2.75, 3.05) is 0 Å². The fourth-order valence-corrected chi connectivity index (χ4v) is 1.75. The normalized spacial score (nSPS) is 10.4. The molecule has 0 atom stereocenters. The summed E-state index contributed by atoms with van der Waals surface area (Å²) in [4.78, 5) is 11.8. The lowest BCUT2D eigenvalue weighted by Crippen LogP contribution is -1.80. The number of H-pyrrole nitrogens is 1. The zero-order chi connectivity index (χ0) is 11.5. The quantitative estimate of drug-likeness (QED) is 0.722. The highest BCUT2D eigenvalue weighted by molar-refractivity contribution is 5.67. The van der Waals surface area contributed by atoms with Crippen molar-refractivity contribution in [3.05, 3.63) is 61.1 Å². The van der Waals surface area contributed by atoms with Gasteiger partial charge in [-0.15, -0.1) is 0 Å². The van der Waals surface area contributed by atoms with Gasteiger partial charge in [-0.05, 0) is 30.3 Å². The molecule has 1 N–H and O–H groups in total. The monoisotopic (exact) mass is 221 g/mol. The van der Waals surface area contributed by atoms with Crippen LogP contribution in [0, 0.1) is 0 Å². The molecule has 0 fully saturated rings. The van der Waals surface area contributed by atoms with Gasteiger partial charge in [-0.2, -0.15) is 0 Å². The van der Waals surface area contributed by atoms with Crippen molar-refractivity contribution in [2.24, 2.45) is 0 Å². The third kappa shape index (κ3) is 1.95. The Bertz CT molecular complexity index is 546. The first-order valence-electron chi connectivity index (χ1n) is 5.45. The van der Waals surface area contributed by atoms with E-state index < -0.39 is 0 Å².